The molecule has 2 aliphatic heterocycles. The summed E-state index contributed by atoms with van der Waals surface area (Å²) < 4.78 is 0. The number of piperidine rings is 1. The smallest absolute Gasteiger partial charge is 0.226 e. The number of hydrogen-bond acceptors (Lipinski definition) is 2. The Hall–Kier alpha value is -0.570. The summed E-state index contributed by atoms with van der Waals surface area (Å²) in [6.07, 6.45) is 5.47. The van der Waals surface area contributed by atoms with Crippen LogP contribution in [0, 0.1) is 5.92 Å². The van der Waals surface area contributed by atoms with Gasteiger partial charge in [-0.3, -0.25) is 4.79 Å². The van der Waals surface area contributed by atoms with Crippen molar-refractivity contribution >= 4 is 5.91 Å². The Labute approximate surface area is 97.8 Å². The number of rotatable bonds is 3. The van der Waals surface area contributed by atoms with E-state index in [9.17, 15) is 9.90 Å². The Morgan fingerprint density at radius 3 is 2.19 bits per heavy atom. The number of fused-ring (bicyclic) bond motifs is 2. The molecule has 0 aromatic heterocycles. The maximum absolute atomic E-state index is 12.4. The van der Waals surface area contributed by atoms with Crippen molar-refractivity contribution in [3.63, 3.8) is 0 Å². The van der Waals surface area contributed by atoms with E-state index in [0.29, 0.717) is 18.0 Å². The van der Waals surface area contributed by atoms with Crippen LogP contribution in [-0.2, 0) is 4.79 Å². The van der Waals surface area contributed by atoms with Crippen molar-refractivity contribution in [2.75, 3.05) is 0 Å². The van der Waals surface area contributed by atoms with Crippen LogP contribution in [0.4, 0.5) is 0 Å². The zero-order valence-corrected chi connectivity index (χ0v) is 10.4. The Morgan fingerprint density at radius 2 is 1.75 bits per heavy atom. The van der Waals surface area contributed by atoms with E-state index in [2.05, 4.69) is 18.7 Å². The Morgan fingerprint density at radius 1 is 1.25 bits per heavy atom. The third-order valence-corrected chi connectivity index (χ3v) is 4.30. The van der Waals surface area contributed by atoms with Gasteiger partial charge in [0.25, 0.3) is 0 Å². The van der Waals surface area contributed by atoms with Crippen LogP contribution >= 0.6 is 0 Å². The molecule has 16 heavy (non-hydrogen) atoms. The zero-order chi connectivity index (χ0) is 11.7. The molecule has 0 spiro atoms. The van der Waals surface area contributed by atoms with Gasteiger partial charge in [0, 0.05) is 18.0 Å². The summed E-state index contributed by atoms with van der Waals surface area (Å²) in [5.41, 5.74) is 0. The fourth-order valence-corrected chi connectivity index (χ4v) is 3.36. The number of carbonyl (C=O) groups excluding carboxylic acids is 1. The van der Waals surface area contributed by atoms with Crippen molar-refractivity contribution in [1.29, 1.82) is 0 Å². The number of amides is 1. The SMILES string of the molecule is CCC(CC)C(=O)N1[C@@H]2CC[C@H]1CC(O)C2. The van der Waals surface area contributed by atoms with Crippen LogP contribution in [-0.4, -0.2) is 34.1 Å². The summed E-state index contributed by atoms with van der Waals surface area (Å²) in [4.78, 5) is 14.5. The van der Waals surface area contributed by atoms with E-state index >= 15 is 0 Å². The van der Waals surface area contributed by atoms with E-state index in [1.54, 1.807) is 0 Å². The lowest BCUT2D eigenvalue weighted by Crippen LogP contribution is -2.50. The molecule has 3 heteroatoms. The second-order valence-corrected chi connectivity index (χ2v) is 5.27. The summed E-state index contributed by atoms with van der Waals surface area (Å²) in [5, 5.41) is 9.70. The maximum Gasteiger partial charge on any atom is 0.226 e. The highest BCUT2D eigenvalue weighted by Crippen LogP contribution is 2.37. The molecule has 2 bridgehead atoms. The lowest BCUT2D eigenvalue weighted by atomic mass is 9.95. The minimum absolute atomic E-state index is 0.178. The molecule has 0 aromatic carbocycles. The minimum Gasteiger partial charge on any atom is -0.393 e. The Kier molecular flexibility index (Phi) is 3.53. The van der Waals surface area contributed by atoms with E-state index in [1.165, 1.54) is 0 Å². The predicted molar refractivity (Wildman–Crippen MR) is 63.0 cm³/mol. The summed E-state index contributed by atoms with van der Waals surface area (Å²) in [7, 11) is 0. The molecule has 0 aromatic rings. The number of hydrogen-bond donors (Lipinski definition) is 1. The molecule has 2 saturated heterocycles. The summed E-state index contributed by atoms with van der Waals surface area (Å²) in [6, 6.07) is 0.642. The maximum atomic E-state index is 12.4. The molecule has 2 rings (SSSR count). The average Bonchev–Trinajstić information content (AvgIpc) is 2.53. The van der Waals surface area contributed by atoms with E-state index in [1.807, 2.05) is 0 Å². The highest BCUT2D eigenvalue weighted by molar-refractivity contribution is 5.80. The standard InChI is InChI=1S/C13H23NO2/c1-3-9(4-2)13(16)14-10-5-6-11(14)8-12(15)7-10/h9-12,15H,3-8H2,1-2H3/t10-,11+,12?. The first-order valence-electron chi connectivity index (χ1n) is 6.67. The number of carbonyl (C=O) groups is 1. The lowest BCUT2D eigenvalue weighted by Gasteiger charge is -2.39. The third kappa shape index (κ3) is 1.97. The topological polar surface area (TPSA) is 40.5 Å². The Bertz CT molecular complexity index is 249. The van der Waals surface area contributed by atoms with Gasteiger partial charge in [0.2, 0.25) is 5.91 Å². The average molecular weight is 225 g/mol. The van der Waals surface area contributed by atoms with E-state index < -0.39 is 0 Å². The minimum atomic E-state index is -0.178. The van der Waals surface area contributed by atoms with Crippen LogP contribution in [0.3, 0.4) is 0 Å². The molecule has 1 amide bonds. The second kappa shape index (κ2) is 4.74. The number of aliphatic hydroxyl groups excluding tert-OH is 1. The van der Waals surface area contributed by atoms with Crippen LogP contribution in [0.5, 0.6) is 0 Å². The fraction of sp³-hybridized carbons (Fsp3) is 0.923. The highest BCUT2D eigenvalue weighted by atomic mass is 16.3. The normalized spacial score (nSPS) is 33.5. The molecule has 1 unspecified atom stereocenters. The van der Waals surface area contributed by atoms with Gasteiger partial charge < -0.3 is 10.0 Å². The van der Waals surface area contributed by atoms with Crippen LogP contribution in [0.1, 0.15) is 52.4 Å². The van der Waals surface area contributed by atoms with E-state index in [0.717, 1.165) is 38.5 Å². The van der Waals surface area contributed by atoms with Gasteiger partial charge in [0.15, 0.2) is 0 Å². The Balaban J connectivity index is 2.07. The van der Waals surface area contributed by atoms with Gasteiger partial charge in [-0.15, -0.1) is 0 Å². The van der Waals surface area contributed by atoms with Gasteiger partial charge in [-0.2, -0.15) is 0 Å². The van der Waals surface area contributed by atoms with Crippen LogP contribution in [0.15, 0.2) is 0 Å². The summed E-state index contributed by atoms with van der Waals surface area (Å²) in [6.45, 7) is 4.18. The molecule has 2 aliphatic rings. The largest absolute Gasteiger partial charge is 0.393 e. The quantitative estimate of drug-likeness (QED) is 0.797. The van der Waals surface area contributed by atoms with Crippen LogP contribution < -0.4 is 0 Å². The van der Waals surface area contributed by atoms with Crippen molar-refractivity contribution in [3.8, 4) is 0 Å². The van der Waals surface area contributed by atoms with Crippen molar-refractivity contribution in [2.24, 2.45) is 5.92 Å². The monoisotopic (exact) mass is 225 g/mol. The molecule has 3 atom stereocenters. The van der Waals surface area contributed by atoms with Crippen molar-refractivity contribution in [2.45, 2.75) is 70.6 Å². The summed E-state index contributed by atoms with van der Waals surface area (Å²) >= 11 is 0. The van der Waals surface area contributed by atoms with Gasteiger partial charge in [0.1, 0.15) is 0 Å². The molecule has 2 fully saturated rings. The first-order valence-corrected chi connectivity index (χ1v) is 6.67. The van der Waals surface area contributed by atoms with Crippen LogP contribution in [0.2, 0.25) is 0 Å². The molecular weight excluding hydrogens is 202 g/mol. The predicted octanol–water partition coefficient (Wildman–Crippen LogP) is 1.94. The molecule has 92 valence electrons. The lowest BCUT2D eigenvalue weighted by molar-refractivity contribution is -0.142. The van der Waals surface area contributed by atoms with Gasteiger partial charge >= 0.3 is 0 Å². The summed E-state index contributed by atoms with van der Waals surface area (Å²) in [5.74, 6) is 0.530. The zero-order valence-electron chi connectivity index (χ0n) is 10.4. The molecular formula is C13H23NO2. The van der Waals surface area contributed by atoms with E-state index in [4.69, 9.17) is 0 Å². The van der Waals surface area contributed by atoms with Gasteiger partial charge in [-0.25, -0.2) is 0 Å². The van der Waals surface area contributed by atoms with Gasteiger partial charge in [-0.05, 0) is 38.5 Å². The molecule has 0 radical (unpaired) electrons. The first kappa shape index (κ1) is 11.9. The van der Waals surface area contributed by atoms with Crippen molar-refractivity contribution < 1.29 is 9.90 Å². The molecule has 2 heterocycles. The molecule has 3 nitrogen and oxygen atoms in total. The third-order valence-electron chi connectivity index (χ3n) is 4.30. The fourth-order valence-electron chi connectivity index (χ4n) is 3.36. The van der Waals surface area contributed by atoms with Crippen LogP contribution in [0.25, 0.3) is 0 Å². The van der Waals surface area contributed by atoms with Gasteiger partial charge in [0.05, 0.1) is 6.10 Å². The second-order valence-electron chi connectivity index (χ2n) is 5.27. The highest BCUT2D eigenvalue weighted by Gasteiger charge is 2.43. The first-order chi connectivity index (χ1) is 7.67. The van der Waals surface area contributed by atoms with Gasteiger partial charge in [-0.1, -0.05) is 13.8 Å². The van der Waals surface area contributed by atoms with Crippen molar-refractivity contribution in [3.05, 3.63) is 0 Å². The number of nitrogens with zero attached hydrogens (tertiary/aromatic N) is 1. The van der Waals surface area contributed by atoms with E-state index in [-0.39, 0.29) is 12.0 Å². The van der Waals surface area contributed by atoms with Crippen molar-refractivity contribution in [1.82, 2.24) is 4.90 Å². The molecule has 0 aliphatic carbocycles. The molecule has 1 N–H and O–H groups in total. The molecule has 0 saturated carbocycles. The number of aliphatic hydroxyl groups is 1.